The van der Waals surface area contributed by atoms with E-state index in [2.05, 4.69) is 28.1 Å². The maximum absolute atomic E-state index is 11.7. The Balaban J connectivity index is -0.000000186. The van der Waals surface area contributed by atoms with E-state index in [0.717, 1.165) is 10.3 Å². The second kappa shape index (κ2) is 33.1. The van der Waals surface area contributed by atoms with E-state index in [0.29, 0.717) is 10.6 Å². The molecule has 0 spiro atoms. The van der Waals surface area contributed by atoms with Crippen molar-refractivity contribution in [3.05, 3.63) is 140 Å². The average Bonchev–Trinajstić information content (AvgIpc) is 3.07. The Morgan fingerprint density at radius 2 is 1.14 bits per heavy atom. The minimum absolute atomic E-state index is 0. The molecule has 0 amide bonds. The number of aromatic nitrogens is 2. The smallest absolute Gasteiger partial charge is 1.00 e. The molecule has 2 heterocycles. The first kappa shape index (κ1) is 55.0. The summed E-state index contributed by atoms with van der Waals surface area (Å²) in [6.07, 6.45) is 0. The number of hydrogen-bond acceptors (Lipinski definition) is 11. The molecular weight excluding hydrogens is 773 g/mol. The standard InChI is InChI=1S/C14H13NO3.C7H7Cl.C7H7NO3.C2Cl2O2.CH2O3.CH4.2K.H/c1-11(16)13-8-5-9-14(17)15(13)18-10-12-6-3-2-4-7-12;8-6-7-4-2-1-3-5-7;1-5(9)6-3-2-4-7(10)8(6)11;3-1(5)2(4)6;2-1-4-3;;;;/h2-9H,10H2,1H3;1-5H,6H2;2-4,11H,1H3;;1,3H;1H4;;;/q;;;;;;2*+1;-1/p-1. The zero-order chi connectivity index (χ0) is 35.8. The maximum atomic E-state index is 11.7. The summed E-state index contributed by atoms with van der Waals surface area (Å²) in [5, 5.41) is 15.1. The third-order valence-corrected chi connectivity index (χ3v) is 5.71. The fourth-order valence-corrected chi connectivity index (χ4v) is 3.08. The fraction of sp³-hybridized carbons (Fsp3) is 0.156. The van der Waals surface area contributed by atoms with Gasteiger partial charge in [-0.2, -0.15) is 0 Å². The summed E-state index contributed by atoms with van der Waals surface area (Å²) in [6.45, 7) is 2.74. The summed E-state index contributed by atoms with van der Waals surface area (Å²) in [7, 11) is 0. The number of rotatable bonds is 8. The minimum Gasteiger partial charge on any atom is -1.00 e. The van der Waals surface area contributed by atoms with Crippen LogP contribution in [-0.4, -0.2) is 43.2 Å². The molecule has 0 bridgehead atoms. The van der Waals surface area contributed by atoms with Gasteiger partial charge in [0.25, 0.3) is 17.6 Å². The number of pyridine rings is 2. The second-order valence-electron chi connectivity index (χ2n) is 8.34. The zero-order valence-electron chi connectivity index (χ0n) is 27.8. The molecule has 2 aromatic carbocycles. The van der Waals surface area contributed by atoms with Crippen LogP contribution >= 0.6 is 34.8 Å². The first-order valence-corrected chi connectivity index (χ1v) is 14.1. The van der Waals surface area contributed by atoms with Gasteiger partial charge in [0.05, 0.1) is 0 Å². The van der Waals surface area contributed by atoms with Gasteiger partial charge in [0.1, 0.15) is 18.0 Å². The van der Waals surface area contributed by atoms with Gasteiger partial charge in [-0.1, -0.05) is 80.2 Å². The van der Waals surface area contributed by atoms with Crippen LogP contribution in [-0.2, 0) is 31.8 Å². The van der Waals surface area contributed by atoms with Gasteiger partial charge in [-0.25, -0.2) is 0 Å². The van der Waals surface area contributed by atoms with Crippen LogP contribution in [0.25, 0.3) is 0 Å². The summed E-state index contributed by atoms with van der Waals surface area (Å²) in [6, 6.07) is 27.9. The Morgan fingerprint density at radius 1 is 0.740 bits per heavy atom. The van der Waals surface area contributed by atoms with Crippen LogP contribution in [0, 0.1) is 0 Å². The number of alkyl halides is 1. The first-order chi connectivity index (χ1) is 22.3. The Morgan fingerprint density at radius 3 is 1.48 bits per heavy atom. The van der Waals surface area contributed by atoms with Gasteiger partial charge in [-0.15, -0.1) is 21.1 Å². The van der Waals surface area contributed by atoms with Crippen LogP contribution in [0.15, 0.2) is 107 Å². The van der Waals surface area contributed by atoms with Gasteiger partial charge >= 0.3 is 113 Å². The van der Waals surface area contributed by atoms with Crippen molar-refractivity contribution < 1.29 is 148 Å². The van der Waals surface area contributed by atoms with Gasteiger partial charge in [0.15, 0.2) is 11.6 Å². The molecule has 0 saturated carbocycles. The molecule has 0 aliphatic rings. The Bertz CT molecular complexity index is 1700. The van der Waals surface area contributed by atoms with Crippen LogP contribution in [0.5, 0.6) is 0 Å². The van der Waals surface area contributed by atoms with Crippen molar-refractivity contribution in [3.8, 4) is 0 Å². The molecular formula is C32H33Cl3K2N2O11. The summed E-state index contributed by atoms with van der Waals surface area (Å²) in [5.41, 5.74) is 1.41. The van der Waals surface area contributed by atoms with Crippen molar-refractivity contribution in [2.45, 2.75) is 33.8 Å². The molecule has 0 unspecified atom stereocenters. The predicted molar refractivity (Wildman–Crippen MR) is 178 cm³/mol. The van der Waals surface area contributed by atoms with Gasteiger partial charge in [0, 0.05) is 31.9 Å². The third-order valence-electron chi connectivity index (χ3n) is 4.96. The van der Waals surface area contributed by atoms with Crippen LogP contribution in [0.3, 0.4) is 0 Å². The molecule has 13 nitrogen and oxygen atoms in total. The number of halogens is 3. The molecule has 0 fully saturated rings. The number of benzene rings is 2. The minimum atomic E-state index is -1.14. The van der Waals surface area contributed by atoms with Crippen molar-refractivity contribution >= 4 is 63.3 Å². The molecule has 0 radical (unpaired) electrons. The Kier molecular flexibility index (Phi) is 36.3. The quantitative estimate of drug-likeness (QED) is 0.0241. The molecule has 50 heavy (non-hydrogen) atoms. The molecule has 0 atom stereocenters. The van der Waals surface area contributed by atoms with Crippen molar-refractivity contribution in [2.75, 3.05) is 0 Å². The van der Waals surface area contributed by atoms with Gasteiger partial charge in [-0.05, 0) is 46.5 Å². The topological polar surface area (TPSA) is 191 Å². The summed E-state index contributed by atoms with van der Waals surface area (Å²) < 4.78 is 1.37. The maximum Gasteiger partial charge on any atom is 1.00 e. The van der Waals surface area contributed by atoms with Gasteiger partial charge in [-0.3, -0.25) is 33.6 Å². The monoisotopic (exact) mass is 804 g/mol. The molecule has 4 aromatic rings. The number of Topliss-reactive ketones (excluding diaryl/α,β-unsaturated/α-hetero) is 2. The Hall–Kier alpha value is -1.81. The predicted octanol–water partition coefficient (Wildman–Crippen LogP) is -1.90. The van der Waals surface area contributed by atoms with Crippen LogP contribution in [0.1, 0.15) is 54.8 Å². The molecule has 0 saturated heterocycles. The molecule has 0 aliphatic carbocycles. The van der Waals surface area contributed by atoms with Crippen molar-refractivity contribution in [3.63, 3.8) is 0 Å². The Labute approximate surface area is 389 Å². The molecule has 260 valence electrons. The van der Waals surface area contributed by atoms with Crippen LogP contribution in [0.2, 0.25) is 0 Å². The number of hydrogen-bond donors (Lipinski definition) is 1. The number of ketones is 2. The van der Waals surface area contributed by atoms with E-state index >= 15 is 0 Å². The summed E-state index contributed by atoms with van der Waals surface area (Å²) in [4.78, 5) is 79.9. The van der Waals surface area contributed by atoms with E-state index in [1.807, 2.05) is 60.7 Å². The molecule has 1 N–H and O–H groups in total. The van der Waals surface area contributed by atoms with Crippen LogP contribution < -0.4 is 124 Å². The number of nitrogens with zero attached hydrogens (tertiary/aromatic N) is 2. The SMILES string of the molecule is C.CC(=O)c1cccc(=O)n1O.CC(=O)c1cccc(=O)n1OCc1ccccc1.ClCc1ccccc1.O=C(Cl)C(=O)Cl.O=CO[O-].[H-].[K+].[K+]. The second-order valence-corrected chi connectivity index (χ2v) is 9.29. The number of carbonyl (C=O) groups is 5. The fourth-order valence-electron chi connectivity index (χ4n) is 2.90. The average molecular weight is 806 g/mol. The summed E-state index contributed by atoms with van der Waals surface area (Å²) >= 11 is 14.5. The van der Waals surface area contributed by atoms with E-state index in [1.165, 1.54) is 43.7 Å². The molecule has 2 aromatic heterocycles. The first-order valence-electron chi connectivity index (χ1n) is 12.8. The van der Waals surface area contributed by atoms with Crippen LogP contribution in [0.4, 0.5) is 0 Å². The molecule has 4 rings (SSSR count). The van der Waals surface area contributed by atoms with E-state index in [1.54, 1.807) is 12.1 Å². The van der Waals surface area contributed by atoms with Crippen molar-refractivity contribution in [1.29, 1.82) is 0 Å². The van der Waals surface area contributed by atoms with E-state index in [9.17, 15) is 28.8 Å². The van der Waals surface area contributed by atoms with E-state index < -0.39 is 16.0 Å². The van der Waals surface area contributed by atoms with Crippen molar-refractivity contribution in [2.24, 2.45) is 0 Å². The molecule has 18 heteroatoms. The number of carbonyl (C=O) groups excluding carboxylic acids is 5. The van der Waals surface area contributed by atoms with Gasteiger partial charge in [0.2, 0.25) is 0 Å². The van der Waals surface area contributed by atoms with E-state index in [4.69, 9.17) is 31.7 Å². The molecule has 0 aliphatic heterocycles. The normalized spacial score (nSPS) is 8.52. The largest absolute Gasteiger partial charge is 1.00 e. The van der Waals surface area contributed by atoms with E-state index in [-0.39, 0.29) is 153 Å². The van der Waals surface area contributed by atoms with Gasteiger partial charge < -0.3 is 21.6 Å². The summed E-state index contributed by atoms with van der Waals surface area (Å²) in [5.74, 6) is 0.0619. The zero-order valence-corrected chi connectivity index (χ0v) is 35.3. The van der Waals surface area contributed by atoms with Crippen molar-refractivity contribution in [1.82, 2.24) is 9.46 Å². The third kappa shape index (κ3) is 24.4.